The molecule has 1 fully saturated rings. The highest BCUT2D eigenvalue weighted by Crippen LogP contribution is 2.22. The first kappa shape index (κ1) is 13.1. The summed E-state index contributed by atoms with van der Waals surface area (Å²) in [5.74, 6) is 0.0856. The van der Waals surface area contributed by atoms with E-state index in [0.717, 1.165) is 16.5 Å². The molecule has 102 valence electrons. The van der Waals surface area contributed by atoms with Gasteiger partial charge in [0.15, 0.2) is 0 Å². The number of rotatable bonds is 2. The highest BCUT2D eigenvalue weighted by atomic mass is 79.9. The van der Waals surface area contributed by atoms with Crippen molar-refractivity contribution in [3.8, 4) is 0 Å². The number of carbonyl (C=O) groups is 1. The SMILES string of the molecule is O=C(c1ccc2c(c1)COC2)N1CCOCC1CBr. The van der Waals surface area contributed by atoms with E-state index < -0.39 is 0 Å². The molecule has 0 spiro atoms. The number of nitrogens with zero attached hydrogens (tertiary/aromatic N) is 1. The summed E-state index contributed by atoms with van der Waals surface area (Å²) >= 11 is 3.45. The summed E-state index contributed by atoms with van der Waals surface area (Å²) < 4.78 is 10.8. The Morgan fingerprint density at radius 1 is 1.32 bits per heavy atom. The molecule has 2 aliphatic rings. The molecule has 5 heteroatoms. The third-order valence-corrected chi connectivity index (χ3v) is 4.38. The van der Waals surface area contributed by atoms with Crippen molar-refractivity contribution < 1.29 is 14.3 Å². The van der Waals surface area contributed by atoms with Gasteiger partial charge >= 0.3 is 0 Å². The number of alkyl halides is 1. The fourth-order valence-corrected chi connectivity index (χ4v) is 3.06. The van der Waals surface area contributed by atoms with E-state index in [-0.39, 0.29) is 11.9 Å². The number of amides is 1. The lowest BCUT2D eigenvalue weighted by atomic mass is 10.0. The predicted molar refractivity (Wildman–Crippen MR) is 74.4 cm³/mol. The minimum atomic E-state index is 0.0856. The molecule has 0 saturated carbocycles. The smallest absolute Gasteiger partial charge is 0.254 e. The van der Waals surface area contributed by atoms with Crippen LogP contribution in [0.5, 0.6) is 0 Å². The maximum atomic E-state index is 12.6. The zero-order valence-electron chi connectivity index (χ0n) is 10.6. The van der Waals surface area contributed by atoms with Crippen LogP contribution in [0.3, 0.4) is 0 Å². The number of halogens is 1. The van der Waals surface area contributed by atoms with Crippen LogP contribution in [0.2, 0.25) is 0 Å². The molecule has 1 aromatic carbocycles. The van der Waals surface area contributed by atoms with Crippen LogP contribution in [-0.2, 0) is 22.7 Å². The van der Waals surface area contributed by atoms with E-state index >= 15 is 0 Å². The Morgan fingerprint density at radius 3 is 3.00 bits per heavy atom. The van der Waals surface area contributed by atoms with Crippen LogP contribution in [0.1, 0.15) is 21.5 Å². The second-order valence-electron chi connectivity index (χ2n) is 4.86. The second-order valence-corrected chi connectivity index (χ2v) is 5.51. The lowest BCUT2D eigenvalue weighted by molar-refractivity contribution is 0.00524. The number of benzene rings is 1. The quantitative estimate of drug-likeness (QED) is 0.780. The number of hydrogen-bond acceptors (Lipinski definition) is 3. The van der Waals surface area contributed by atoms with Crippen molar-refractivity contribution in [1.29, 1.82) is 0 Å². The average Bonchev–Trinajstić information content (AvgIpc) is 2.93. The summed E-state index contributed by atoms with van der Waals surface area (Å²) in [6, 6.07) is 5.98. The van der Waals surface area contributed by atoms with Gasteiger partial charge in [0, 0.05) is 17.4 Å². The van der Waals surface area contributed by atoms with Gasteiger partial charge in [0.1, 0.15) is 0 Å². The standard InChI is InChI=1S/C14H16BrNO3/c15-6-13-9-18-4-3-16(13)14(17)10-1-2-11-7-19-8-12(11)5-10/h1-2,5,13H,3-4,6-9H2. The molecule has 1 atom stereocenters. The molecule has 1 saturated heterocycles. The summed E-state index contributed by atoms with van der Waals surface area (Å²) in [7, 11) is 0. The van der Waals surface area contributed by atoms with Crippen LogP contribution >= 0.6 is 15.9 Å². The predicted octanol–water partition coefficient (Wildman–Crippen LogP) is 1.95. The topological polar surface area (TPSA) is 38.8 Å². The van der Waals surface area contributed by atoms with Crippen molar-refractivity contribution in [3.05, 3.63) is 34.9 Å². The zero-order valence-corrected chi connectivity index (χ0v) is 12.2. The monoisotopic (exact) mass is 325 g/mol. The summed E-state index contributed by atoms with van der Waals surface area (Å²) in [5, 5.41) is 0.743. The van der Waals surface area contributed by atoms with Gasteiger partial charge in [0.25, 0.3) is 5.91 Å². The molecule has 4 nitrogen and oxygen atoms in total. The molecule has 0 bridgehead atoms. The molecule has 1 unspecified atom stereocenters. The van der Waals surface area contributed by atoms with E-state index in [4.69, 9.17) is 9.47 Å². The second kappa shape index (κ2) is 5.61. The molecular formula is C14H16BrNO3. The van der Waals surface area contributed by atoms with Crippen LogP contribution in [0.25, 0.3) is 0 Å². The van der Waals surface area contributed by atoms with Gasteiger partial charge in [-0.2, -0.15) is 0 Å². The fraction of sp³-hybridized carbons (Fsp3) is 0.500. The Balaban J connectivity index is 1.82. The van der Waals surface area contributed by atoms with Crippen molar-refractivity contribution in [2.45, 2.75) is 19.3 Å². The van der Waals surface area contributed by atoms with Crippen molar-refractivity contribution in [2.24, 2.45) is 0 Å². The van der Waals surface area contributed by atoms with Gasteiger partial charge < -0.3 is 14.4 Å². The summed E-state index contributed by atoms with van der Waals surface area (Å²) in [5.41, 5.74) is 3.07. The summed E-state index contributed by atoms with van der Waals surface area (Å²) in [4.78, 5) is 14.5. The Bertz CT molecular complexity index is 492. The molecule has 0 radical (unpaired) electrons. The Hall–Kier alpha value is -0.910. The largest absolute Gasteiger partial charge is 0.377 e. The summed E-state index contributed by atoms with van der Waals surface area (Å²) in [6.45, 7) is 3.14. The van der Waals surface area contributed by atoms with Crippen LogP contribution < -0.4 is 0 Å². The van der Waals surface area contributed by atoms with E-state index in [2.05, 4.69) is 15.9 Å². The first-order valence-electron chi connectivity index (χ1n) is 6.44. The molecule has 0 aromatic heterocycles. The third kappa shape index (κ3) is 2.55. The molecule has 1 aromatic rings. The zero-order chi connectivity index (χ0) is 13.2. The van der Waals surface area contributed by atoms with Gasteiger partial charge in [-0.15, -0.1) is 0 Å². The number of morpholine rings is 1. The van der Waals surface area contributed by atoms with Gasteiger partial charge in [0.2, 0.25) is 0 Å². The van der Waals surface area contributed by atoms with E-state index in [1.807, 2.05) is 23.1 Å². The van der Waals surface area contributed by atoms with Crippen molar-refractivity contribution >= 4 is 21.8 Å². The van der Waals surface area contributed by atoms with Crippen molar-refractivity contribution in [3.63, 3.8) is 0 Å². The molecule has 2 heterocycles. The van der Waals surface area contributed by atoms with Gasteiger partial charge in [-0.05, 0) is 23.3 Å². The molecule has 0 N–H and O–H groups in total. The van der Waals surface area contributed by atoms with Crippen LogP contribution in [0.15, 0.2) is 18.2 Å². The molecule has 1 amide bonds. The lowest BCUT2D eigenvalue weighted by Crippen LogP contribution is -2.49. The number of hydrogen-bond donors (Lipinski definition) is 0. The van der Waals surface area contributed by atoms with E-state index in [1.54, 1.807) is 0 Å². The van der Waals surface area contributed by atoms with Gasteiger partial charge in [-0.25, -0.2) is 0 Å². The van der Waals surface area contributed by atoms with Gasteiger partial charge in [0.05, 0.1) is 32.5 Å². The van der Waals surface area contributed by atoms with Crippen molar-refractivity contribution in [1.82, 2.24) is 4.90 Å². The minimum Gasteiger partial charge on any atom is -0.377 e. The van der Waals surface area contributed by atoms with E-state index in [0.29, 0.717) is 33.0 Å². The number of carbonyl (C=O) groups excluding carboxylic acids is 1. The van der Waals surface area contributed by atoms with Crippen LogP contribution in [0.4, 0.5) is 0 Å². The van der Waals surface area contributed by atoms with Gasteiger partial charge in [-0.3, -0.25) is 4.79 Å². The van der Waals surface area contributed by atoms with E-state index in [9.17, 15) is 4.79 Å². The highest BCUT2D eigenvalue weighted by molar-refractivity contribution is 9.09. The van der Waals surface area contributed by atoms with Crippen molar-refractivity contribution in [2.75, 3.05) is 25.1 Å². The fourth-order valence-electron chi connectivity index (χ4n) is 2.52. The lowest BCUT2D eigenvalue weighted by Gasteiger charge is -2.34. The average molecular weight is 326 g/mol. The number of fused-ring (bicyclic) bond motifs is 1. The molecule has 3 rings (SSSR count). The Labute approximate surface area is 120 Å². The summed E-state index contributed by atoms with van der Waals surface area (Å²) in [6.07, 6.45) is 0. The highest BCUT2D eigenvalue weighted by Gasteiger charge is 2.27. The molecular weight excluding hydrogens is 310 g/mol. The third-order valence-electron chi connectivity index (χ3n) is 3.63. The minimum absolute atomic E-state index is 0.0856. The van der Waals surface area contributed by atoms with Gasteiger partial charge in [-0.1, -0.05) is 22.0 Å². The molecule has 0 aliphatic carbocycles. The molecule has 19 heavy (non-hydrogen) atoms. The maximum Gasteiger partial charge on any atom is 0.254 e. The molecule has 2 aliphatic heterocycles. The number of ether oxygens (including phenoxy) is 2. The van der Waals surface area contributed by atoms with Crippen LogP contribution in [0, 0.1) is 0 Å². The normalized spacial score (nSPS) is 22.4. The Kier molecular flexibility index (Phi) is 3.86. The van der Waals surface area contributed by atoms with Crippen LogP contribution in [-0.4, -0.2) is 41.9 Å². The maximum absolute atomic E-state index is 12.6. The van der Waals surface area contributed by atoms with E-state index in [1.165, 1.54) is 5.56 Å². The Morgan fingerprint density at radius 2 is 2.16 bits per heavy atom. The first-order valence-corrected chi connectivity index (χ1v) is 7.56. The first-order chi connectivity index (χ1) is 9.29.